The van der Waals surface area contributed by atoms with Gasteiger partial charge in [-0.2, -0.15) is 0 Å². The first kappa shape index (κ1) is 22.7. The summed E-state index contributed by atoms with van der Waals surface area (Å²) in [5, 5.41) is 0.805. The molecule has 1 saturated heterocycles. The number of aryl methyl sites for hydroxylation is 1. The van der Waals surface area contributed by atoms with E-state index in [1.165, 1.54) is 11.1 Å². The summed E-state index contributed by atoms with van der Waals surface area (Å²) in [6.07, 6.45) is 1.14. The fourth-order valence-electron chi connectivity index (χ4n) is 4.61. The van der Waals surface area contributed by atoms with E-state index in [1.807, 2.05) is 24.3 Å². The van der Waals surface area contributed by atoms with Crippen molar-refractivity contribution in [2.45, 2.75) is 32.6 Å². The third-order valence-electron chi connectivity index (χ3n) is 6.10. The van der Waals surface area contributed by atoms with E-state index in [0.29, 0.717) is 0 Å². The van der Waals surface area contributed by atoms with E-state index < -0.39 is 0 Å². The van der Waals surface area contributed by atoms with Gasteiger partial charge in [0.2, 0.25) is 0 Å². The van der Waals surface area contributed by atoms with Gasteiger partial charge in [0.1, 0.15) is 11.5 Å². The molecule has 1 fully saturated rings. The molecule has 4 nitrogen and oxygen atoms in total. The first-order valence-electron chi connectivity index (χ1n) is 11.1. The molecule has 32 heavy (non-hydrogen) atoms. The van der Waals surface area contributed by atoms with Gasteiger partial charge in [0, 0.05) is 36.8 Å². The molecule has 0 aromatic heterocycles. The molecule has 0 N–H and O–H groups in total. The third kappa shape index (κ3) is 5.09. The van der Waals surface area contributed by atoms with E-state index in [4.69, 9.17) is 21.1 Å². The Balaban J connectivity index is 1.74. The minimum Gasteiger partial charge on any atom is -0.497 e. The van der Waals surface area contributed by atoms with Gasteiger partial charge in [0.15, 0.2) is 0 Å². The zero-order chi connectivity index (χ0) is 22.5. The van der Waals surface area contributed by atoms with Gasteiger partial charge in [-0.1, -0.05) is 59.6 Å². The summed E-state index contributed by atoms with van der Waals surface area (Å²) in [5.74, 6) is 1.70. The molecule has 4 rings (SSSR count). The molecule has 5 heteroatoms. The molecule has 1 atom stereocenters. The van der Waals surface area contributed by atoms with E-state index in [-0.39, 0.29) is 6.17 Å². The topological polar surface area (TPSA) is 24.9 Å². The van der Waals surface area contributed by atoms with Crippen molar-refractivity contribution >= 4 is 11.6 Å². The largest absolute Gasteiger partial charge is 0.497 e. The maximum absolute atomic E-state index is 6.54. The Morgan fingerprint density at radius 2 is 1.66 bits per heavy atom. The Kier molecular flexibility index (Phi) is 7.36. The van der Waals surface area contributed by atoms with Crippen molar-refractivity contribution in [2.24, 2.45) is 0 Å². The van der Waals surface area contributed by atoms with Gasteiger partial charge in [0.25, 0.3) is 0 Å². The third-order valence-corrected chi connectivity index (χ3v) is 6.47. The van der Waals surface area contributed by atoms with Crippen molar-refractivity contribution in [3.8, 4) is 11.5 Å². The van der Waals surface area contributed by atoms with Crippen LogP contribution in [0.4, 0.5) is 0 Å². The molecule has 0 amide bonds. The number of hydrogen-bond acceptors (Lipinski definition) is 4. The minimum atomic E-state index is 0.0468. The highest BCUT2D eigenvalue weighted by atomic mass is 35.5. The van der Waals surface area contributed by atoms with E-state index in [1.54, 1.807) is 14.2 Å². The van der Waals surface area contributed by atoms with Crippen LogP contribution >= 0.6 is 11.6 Å². The highest BCUT2D eigenvalue weighted by Crippen LogP contribution is 2.39. The quantitative estimate of drug-likeness (QED) is 0.436. The molecule has 1 aliphatic rings. The second-order valence-corrected chi connectivity index (χ2v) is 8.76. The second kappa shape index (κ2) is 10.4. The SMILES string of the molecule is COc1ccc(OC)c(C2N(Cc3cccc(C)c3)CCCN2Cc2ccccc2Cl)c1. The lowest BCUT2D eigenvalue weighted by Crippen LogP contribution is -2.47. The van der Waals surface area contributed by atoms with Crippen LogP contribution in [0, 0.1) is 6.92 Å². The maximum atomic E-state index is 6.54. The standard InChI is InChI=1S/C27H31ClN2O2/c1-20-8-6-9-21(16-20)18-29-14-7-15-30(19-22-10-4-5-11-25(22)28)27(29)24-17-23(31-2)12-13-26(24)32-3/h4-6,8-13,16-17,27H,7,14-15,18-19H2,1-3H3. The fraction of sp³-hybridized carbons (Fsp3) is 0.333. The lowest BCUT2D eigenvalue weighted by molar-refractivity contribution is -0.0104. The monoisotopic (exact) mass is 450 g/mol. The fourth-order valence-corrected chi connectivity index (χ4v) is 4.80. The van der Waals surface area contributed by atoms with Gasteiger partial charge in [-0.25, -0.2) is 0 Å². The molecule has 1 aliphatic heterocycles. The van der Waals surface area contributed by atoms with Crippen molar-refractivity contribution in [1.82, 2.24) is 9.80 Å². The molecule has 0 aliphatic carbocycles. The normalized spacial score (nSPS) is 17.3. The molecule has 1 heterocycles. The number of rotatable bonds is 7. The van der Waals surface area contributed by atoms with Crippen LogP contribution in [0.5, 0.6) is 11.5 Å². The Morgan fingerprint density at radius 3 is 2.38 bits per heavy atom. The summed E-state index contributed by atoms with van der Waals surface area (Å²) in [4.78, 5) is 5.03. The highest BCUT2D eigenvalue weighted by Gasteiger charge is 2.33. The van der Waals surface area contributed by atoms with Crippen molar-refractivity contribution in [2.75, 3.05) is 27.3 Å². The van der Waals surface area contributed by atoms with E-state index >= 15 is 0 Å². The van der Waals surface area contributed by atoms with E-state index in [2.05, 4.69) is 59.2 Å². The number of nitrogens with zero attached hydrogens (tertiary/aromatic N) is 2. The predicted molar refractivity (Wildman–Crippen MR) is 130 cm³/mol. The lowest BCUT2D eigenvalue weighted by Gasteiger charge is -2.45. The van der Waals surface area contributed by atoms with Crippen LogP contribution in [-0.2, 0) is 13.1 Å². The van der Waals surface area contributed by atoms with Crippen molar-refractivity contribution in [1.29, 1.82) is 0 Å². The van der Waals surface area contributed by atoms with Crippen molar-refractivity contribution in [3.63, 3.8) is 0 Å². The van der Waals surface area contributed by atoms with Crippen LogP contribution in [-0.4, -0.2) is 37.1 Å². The number of ether oxygens (including phenoxy) is 2. The zero-order valence-electron chi connectivity index (χ0n) is 19.1. The Labute approximate surface area is 196 Å². The number of hydrogen-bond donors (Lipinski definition) is 0. The second-order valence-electron chi connectivity index (χ2n) is 8.36. The first-order chi connectivity index (χ1) is 15.6. The molecule has 0 radical (unpaired) electrons. The van der Waals surface area contributed by atoms with E-state index in [9.17, 15) is 0 Å². The molecule has 168 valence electrons. The molecular formula is C27H31ClN2O2. The smallest absolute Gasteiger partial charge is 0.125 e. The average Bonchev–Trinajstić information content (AvgIpc) is 2.80. The van der Waals surface area contributed by atoms with Gasteiger partial charge in [0.05, 0.1) is 20.4 Å². The van der Waals surface area contributed by atoms with Crippen LogP contribution in [0.1, 0.15) is 34.8 Å². The van der Waals surface area contributed by atoms with E-state index in [0.717, 1.165) is 60.2 Å². The molecule has 0 spiro atoms. The van der Waals surface area contributed by atoms with Crippen molar-refractivity contribution in [3.05, 3.63) is 94.0 Å². The number of halogens is 1. The van der Waals surface area contributed by atoms with Gasteiger partial charge < -0.3 is 9.47 Å². The molecule has 3 aromatic carbocycles. The van der Waals surface area contributed by atoms with Crippen molar-refractivity contribution < 1.29 is 9.47 Å². The maximum Gasteiger partial charge on any atom is 0.125 e. The molecule has 3 aromatic rings. The first-order valence-corrected chi connectivity index (χ1v) is 11.5. The molecular weight excluding hydrogens is 420 g/mol. The van der Waals surface area contributed by atoms with Crippen LogP contribution in [0.3, 0.4) is 0 Å². The summed E-state index contributed by atoms with van der Waals surface area (Å²) < 4.78 is 11.4. The van der Waals surface area contributed by atoms with Crippen LogP contribution < -0.4 is 9.47 Å². The Bertz CT molecular complexity index is 1060. The minimum absolute atomic E-state index is 0.0468. The lowest BCUT2D eigenvalue weighted by atomic mass is 10.0. The van der Waals surface area contributed by atoms with Crippen LogP contribution in [0.15, 0.2) is 66.7 Å². The van der Waals surface area contributed by atoms with Crippen LogP contribution in [0.25, 0.3) is 0 Å². The highest BCUT2D eigenvalue weighted by molar-refractivity contribution is 6.31. The summed E-state index contributed by atoms with van der Waals surface area (Å²) in [6.45, 7) is 5.78. The molecule has 0 saturated carbocycles. The number of methoxy groups -OCH3 is 2. The number of benzene rings is 3. The van der Waals surface area contributed by atoms with Crippen LogP contribution in [0.2, 0.25) is 5.02 Å². The summed E-state index contributed by atoms with van der Waals surface area (Å²) >= 11 is 6.54. The average molecular weight is 451 g/mol. The Hall–Kier alpha value is -2.53. The summed E-state index contributed by atoms with van der Waals surface area (Å²) in [6, 6.07) is 22.9. The summed E-state index contributed by atoms with van der Waals surface area (Å²) in [5.41, 5.74) is 4.85. The predicted octanol–water partition coefficient (Wildman–Crippen LogP) is 6.07. The van der Waals surface area contributed by atoms with Gasteiger partial charge in [-0.05, 0) is 48.7 Å². The summed E-state index contributed by atoms with van der Waals surface area (Å²) in [7, 11) is 3.44. The van der Waals surface area contributed by atoms with Gasteiger partial charge in [-0.15, -0.1) is 0 Å². The molecule has 0 bridgehead atoms. The molecule has 1 unspecified atom stereocenters. The Morgan fingerprint density at radius 1 is 0.875 bits per heavy atom. The van der Waals surface area contributed by atoms with Gasteiger partial charge in [-0.3, -0.25) is 9.80 Å². The zero-order valence-corrected chi connectivity index (χ0v) is 19.8. The van der Waals surface area contributed by atoms with Gasteiger partial charge >= 0.3 is 0 Å².